The fourth-order valence-corrected chi connectivity index (χ4v) is 3.65. The Balaban J connectivity index is 1.99. The van der Waals surface area contributed by atoms with Gasteiger partial charge in [0, 0.05) is 31.9 Å². The van der Waals surface area contributed by atoms with Crippen LogP contribution in [0.5, 0.6) is 0 Å². The highest BCUT2D eigenvalue weighted by Crippen LogP contribution is 2.22. The van der Waals surface area contributed by atoms with Crippen LogP contribution in [0.3, 0.4) is 0 Å². The highest BCUT2D eigenvalue weighted by Gasteiger charge is 2.26. The van der Waals surface area contributed by atoms with Gasteiger partial charge in [-0.15, -0.1) is 0 Å². The number of carbonyl (C=O) groups is 3. The van der Waals surface area contributed by atoms with Gasteiger partial charge >= 0.3 is 17.8 Å². The molecule has 28 heavy (non-hydrogen) atoms. The molecule has 1 aromatic heterocycles. The largest absolute Gasteiger partial charge is 0.462 e. The van der Waals surface area contributed by atoms with Crippen molar-refractivity contribution >= 4 is 29.7 Å². The lowest BCUT2D eigenvalue weighted by Gasteiger charge is -2.34. The lowest BCUT2D eigenvalue weighted by Crippen LogP contribution is -2.51. The summed E-state index contributed by atoms with van der Waals surface area (Å²) in [6.07, 6.45) is -0.383. The molecule has 0 bridgehead atoms. The number of piperazine rings is 1. The van der Waals surface area contributed by atoms with Gasteiger partial charge in [0.25, 0.3) is 0 Å². The molecule has 0 aromatic carbocycles. The first-order chi connectivity index (χ1) is 13.4. The van der Waals surface area contributed by atoms with E-state index in [1.807, 2.05) is 0 Å². The Kier molecular flexibility index (Phi) is 7.85. The number of hydrogen-bond donors (Lipinski definition) is 1. The van der Waals surface area contributed by atoms with Crippen LogP contribution in [0.25, 0.3) is 0 Å². The van der Waals surface area contributed by atoms with Crippen molar-refractivity contribution in [2.45, 2.75) is 25.8 Å². The quantitative estimate of drug-likeness (QED) is 0.411. The zero-order chi connectivity index (χ0) is 20.7. The summed E-state index contributed by atoms with van der Waals surface area (Å²) in [6, 6.07) is 0. The Morgan fingerprint density at radius 2 is 1.68 bits per heavy atom. The van der Waals surface area contributed by atoms with E-state index >= 15 is 0 Å². The van der Waals surface area contributed by atoms with Crippen molar-refractivity contribution in [3.63, 3.8) is 0 Å². The zero-order valence-corrected chi connectivity index (χ0v) is 17.0. The lowest BCUT2D eigenvalue weighted by molar-refractivity contribution is -0.129. The molecule has 10 nitrogen and oxygen atoms in total. The van der Waals surface area contributed by atoms with Gasteiger partial charge in [0.05, 0.1) is 19.0 Å². The molecular formula is C17H24N4O6S. The first kappa shape index (κ1) is 21.7. The van der Waals surface area contributed by atoms with Gasteiger partial charge in [-0.25, -0.2) is 14.4 Å². The summed E-state index contributed by atoms with van der Waals surface area (Å²) in [5.74, 6) is -0.744. The van der Waals surface area contributed by atoms with Gasteiger partial charge < -0.3 is 24.3 Å². The van der Waals surface area contributed by atoms with Crippen molar-refractivity contribution in [3.05, 3.63) is 21.7 Å². The van der Waals surface area contributed by atoms with Crippen LogP contribution in [-0.2, 0) is 14.3 Å². The Bertz CT molecular complexity index is 788. The van der Waals surface area contributed by atoms with Crippen LogP contribution < -0.4 is 5.69 Å². The number of amides is 2. The molecule has 1 aliphatic heterocycles. The number of aromatic nitrogens is 2. The molecule has 1 aliphatic rings. The van der Waals surface area contributed by atoms with E-state index in [1.54, 1.807) is 30.6 Å². The van der Waals surface area contributed by atoms with E-state index in [0.29, 0.717) is 38.5 Å². The minimum absolute atomic E-state index is 0.0156. The molecule has 1 N–H and O–H groups in total. The number of carbonyl (C=O) groups excluding carboxylic acids is 3. The molecule has 0 aliphatic carbocycles. The monoisotopic (exact) mass is 412 g/mol. The number of ether oxygens (including phenoxy) is 2. The number of hydrogen-bond acceptors (Lipinski definition) is 8. The molecule has 0 saturated carbocycles. The molecule has 2 heterocycles. The summed E-state index contributed by atoms with van der Waals surface area (Å²) in [7, 11) is 0. The smallest absolute Gasteiger partial charge is 0.409 e. The van der Waals surface area contributed by atoms with Crippen molar-refractivity contribution in [2.75, 3.05) is 45.1 Å². The molecule has 0 unspecified atom stereocenters. The fraction of sp³-hybridized carbons (Fsp3) is 0.588. The number of rotatable bonds is 6. The molecular weight excluding hydrogens is 388 g/mol. The number of nitrogens with one attached hydrogen (secondary N) is 1. The van der Waals surface area contributed by atoms with Gasteiger partial charge in [-0.3, -0.25) is 4.79 Å². The first-order valence-corrected chi connectivity index (χ1v) is 9.96. The number of esters is 1. The van der Waals surface area contributed by atoms with Crippen LogP contribution in [0.4, 0.5) is 4.79 Å². The molecule has 154 valence electrons. The second kappa shape index (κ2) is 10.1. The van der Waals surface area contributed by atoms with E-state index in [-0.39, 0.29) is 34.9 Å². The summed E-state index contributed by atoms with van der Waals surface area (Å²) < 4.78 is 9.96. The van der Waals surface area contributed by atoms with Crippen LogP contribution in [0.15, 0.2) is 9.82 Å². The summed E-state index contributed by atoms with van der Waals surface area (Å²) in [5.41, 5.74) is -0.0913. The zero-order valence-electron chi connectivity index (χ0n) is 16.1. The van der Waals surface area contributed by atoms with E-state index in [2.05, 4.69) is 9.97 Å². The maximum Gasteiger partial charge on any atom is 0.409 e. The molecule has 2 amide bonds. The molecule has 2 rings (SSSR count). The van der Waals surface area contributed by atoms with E-state index in [4.69, 9.17) is 9.47 Å². The third-order valence-corrected chi connectivity index (χ3v) is 5.02. The average molecular weight is 412 g/mol. The van der Waals surface area contributed by atoms with Crippen molar-refractivity contribution in [3.8, 4) is 0 Å². The normalized spacial score (nSPS) is 14.0. The standard InChI is InChI=1S/C17H24N4O6S/c1-4-26-15(23)13-11(3)18-16(24)19-14(13)28-10-12(22)20-6-8-21(9-7-20)17(25)27-5-2/h4-10H2,1-3H3,(H,18,19,24). The van der Waals surface area contributed by atoms with Crippen molar-refractivity contribution in [1.82, 2.24) is 19.8 Å². The maximum atomic E-state index is 12.5. The topological polar surface area (TPSA) is 122 Å². The minimum Gasteiger partial charge on any atom is -0.462 e. The van der Waals surface area contributed by atoms with E-state index in [9.17, 15) is 19.2 Å². The third kappa shape index (κ3) is 5.47. The summed E-state index contributed by atoms with van der Waals surface area (Å²) in [4.78, 5) is 57.5. The van der Waals surface area contributed by atoms with Crippen LogP contribution in [0.2, 0.25) is 0 Å². The molecule has 1 aromatic rings. The number of aryl methyl sites for hydroxylation is 1. The molecule has 0 atom stereocenters. The van der Waals surface area contributed by atoms with E-state index in [0.717, 1.165) is 11.8 Å². The Morgan fingerprint density at radius 3 is 2.29 bits per heavy atom. The van der Waals surface area contributed by atoms with Gasteiger partial charge in [0.1, 0.15) is 10.6 Å². The number of thioether (sulfide) groups is 1. The fourth-order valence-electron chi connectivity index (χ4n) is 2.68. The SMILES string of the molecule is CCOC(=O)c1c(SCC(=O)N2CCN(C(=O)OCC)CC2)nc(=O)[nH]c1C. The van der Waals surface area contributed by atoms with Gasteiger partial charge in [-0.1, -0.05) is 11.8 Å². The highest BCUT2D eigenvalue weighted by molar-refractivity contribution is 8.00. The van der Waals surface area contributed by atoms with Crippen molar-refractivity contribution in [1.29, 1.82) is 0 Å². The molecule has 0 radical (unpaired) electrons. The van der Waals surface area contributed by atoms with Crippen LogP contribution in [-0.4, -0.2) is 82.9 Å². The van der Waals surface area contributed by atoms with Crippen LogP contribution >= 0.6 is 11.8 Å². The predicted octanol–water partition coefficient (Wildman–Crippen LogP) is 0.648. The number of aromatic amines is 1. The van der Waals surface area contributed by atoms with Crippen molar-refractivity contribution in [2.24, 2.45) is 0 Å². The molecule has 11 heteroatoms. The number of nitrogens with zero attached hydrogens (tertiary/aromatic N) is 3. The molecule has 1 fully saturated rings. The van der Waals surface area contributed by atoms with Crippen molar-refractivity contribution < 1.29 is 23.9 Å². The van der Waals surface area contributed by atoms with E-state index in [1.165, 1.54) is 0 Å². The summed E-state index contributed by atoms with van der Waals surface area (Å²) in [5, 5.41) is 0.165. The summed E-state index contributed by atoms with van der Waals surface area (Å²) >= 11 is 1.02. The minimum atomic E-state index is -0.596. The Morgan fingerprint density at radius 1 is 1.07 bits per heavy atom. The first-order valence-electron chi connectivity index (χ1n) is 8.97. The van der Waals surface area contributed by atoms with Gasteiger partial charge in [-0.2, -0.15) is 4.98 Å². The predicted molar refractivity (Wildman–Crippen MR) is 101 cm³/mol. The maximum absolute atomic E-state index is 12.5. The van der Waals surface area contributed by atoms with E-state index < -0.39 is 11.7 Å². The van der Waals surface area contributed by atoms with Crippen LogP contribution in [0, 0.1) is 6.92 Å². The summed E-state index contributed by atoms with van der Waals surface area (Å²) in [6.45, 7) is 7.07. The second-order valence-electron chi connectivity index (χ2n) is 5.92. The Labute approximate surface area is 166 Å². The average Bonchev–Trinajstić information content (AvgIpc) is 2.66. The molecule has 1 saturated heterocycles. The number of H-pyrrole nitrogens is 1. The van der Waals surface area contributed by atoms with Gasteiger partial charge in [-0.05, 0) is 20.8 Å². The molecule has 0 spiro atoms. The second-order valence-corrected chi connectivity index (χ2v) is 6.89. The highest BCUT2D eigenvalue weighted by atomic mass is 32.2. The third-order valence-electron chi connectivity index (χ3n) is 4.06. The lowest BCUT2D eigenvalue weighted by atomic mass is 10.2. The van der Waals surface area contributed by atoms with Gasteiger partial charge in [0.15, 0.2) is 0 Å². The van der Waals surface area contributed by atoms with Crippen LogP contribution in [0.1, 0.15) is 29.9 Å². The van der Waals surface area contributed by atoms with Gasteiger partial charge in [0.2, 0.25) is 5.91 Å². The Hall–Kier alpha value is -2.56.